The summed E-state index contributed by atoms with van der Waals surface area (Å²) in [5.74, 6) is 0.694. The molecule has 0 heterocycles. The van der Waals surface area contributed by atoms with Crippen LogP contribution in [0.15, 0.2) is 0 Å². The van der Waals surface area contributed by atoms with Gasteiger partial charge in [0.2, 0.25) is 0 Å². The molecule has 0 radical (unpaired) electrons. The Morgan fingerprint density at radius 3 is 1.39 bits per heavy atom. The smallest absolute Gasteiger partial charge is 0.0997 e. The van der Waals surface area contributed by atoms with Gasteiger partial charge >= 0.3 is 0 Å². The molecule has 104 valence electrons. The van der Waals surface area contributed by atoms with Gasteiger partial charge in [-0.05, 0) is 25.7 Å². The topological polar surface area (TPSA) is 0 Å². The molecule has 3 fully saturated rings. The molecule has 0 bridgehead atoms. The van der Waals surface area contributed by atoms with Crippen LogP contribution in [-0.2, 0) is 0 Å². The van der Waals surface area contributed by atoms with Crippen LogP contribution in [-0.4, -0.2) is 17.3 Å². The lowest BCUT2D eigenvalue weighted by molar-refractivity contribution is 0.510. The van der Waals surface area contributed by atoms with Gasteiger partial charge in [0.1, 0.15) is 8.67 Å². The molecule has 0 saturated heterocycles. The van der Waals surface area contributed by atoms with Gasteiger partial charge in [-0.15, -0.1) is 0 Å². The third-order valence-corrected chi connectivity index (χ3v) is 11.5. The number of hydrogen-bond donors (Lipinski definition) is 0. The van der Waals surface area contributed by atoms with E-state index in [1.165, 1.54) is 0 Å². The molecule has 0 aromatic heterocycles. The van der Waals surface area contributed by atoms with Gasteiger partial charge in [0.15, 0.2) is 0 Å². The second-order valence-corrected chi connectivity index (χ2v) is 11.5. The Labute approximate surface area is 145 Å². The molecule has 6 heteroatoms. The van der Waals surface area contributed by atoms with Gasteiger partial charge in [0.05, 0.1) is 8.65 Å². The summed E-state index contributed by atoms with van der Waals surface area (Å²) in [7, 11) is 0. The molecule has 0 aliphatic heterocycles. The lowest BCUT2D eigenvalue weighted by Crippen LogP contribution is -2.11. The van der Waals surface area contributed by atoms with Crippen LogP contribution in [0.25, 0.3) is 0 Å². The fraction of sp³-hybridized carbons (Fsp3) is 1.00. The minimum atomic E-state index is -0.597. The van der Waals surface area contributed by atoms with Gasteiger partial charge in [0, 0.05) is 11.8 Å². The Kier molecular flexibility index (Phi) is 3.61. The molecule has 18 heavy (non-hydrogen) atoms. The van der Waals surface area contributed by atoms with Crippen LogP contribution in [0.1, 0.15) is 38.5 Å². The monoisotopic (exact) mass is 456 g/mol. The number of rotatable bonds is 0. The van der Waals surface area contributed by atoms with Gasteiger partial charge in [-0.1, -0.05) is 91.1 Å². The lowest BCUT2D eigenvalue weighted by atomic mass is 10.0. The highest BCUT2D eigenvalue weighted by Gasteiger charge is 2.76. The highest BCUT2D eigenvalue weighted by atomic mass is 79.9. The maximum absolute atomic E-state index is 6.40. The molecule has 3 aliphatic carbocycles. The van der Waals surface area contributed by atoms with Crippen molar-refractivity contribution in [3.05, 3.63) is 0 Å². The zero-order chi connectivity index (χ0) is 13.4. The van der Waals surface area contributed by atoms with Crippen LogP contribution in [0.4, 0.5) is 0 Å². The van der Waals surface area contributed by atoms with Crippen molar-refractivity contribution in [1.29, 1.82) is 0 Å². The molecular weight excluding hydrogens is 446 g/mol. The molecule has 0 N–H and O–H groups in total. The highest BCUT2D eigenvalue weighted by molar-refractivity contribution is 9.10. The number of fused-ring (bicyclic) bond motifs is 2. The predicted molar refractivity (Wildman–Crippen MR) is 86.9 cm³/mol. The van der Waals surface area contributed by atoms with Crippen molar-refractivity contribution in [3.63, 3.8) is 0 Å². The Hall–Kier alpha value is 2.12. The first-order valence-corrected chi connectivity index (χ1v) is 9.41. The first-order valence-electron chi connectivity index (χ1n) is 6.31. The van der Waals surface area contributed by atoms with Crippen molar-refractivity contribution in [2.45, 2.75) is 55.8 Å². The molecule has 0 nitrogen and oxygen atoms in total. The predicted octanol–water partition coefficient (Wildman–Crippen LogP) is 6.22. The number of halogens is 6. The van der Waals surface area contributed by atoms with Crippen LogP contribution >= 0.6 is 78.3 Å². The standard InChI is InChI=1S/C12H14Br2Cl4/c13-9-5-1-3-7-10(14,11(7,15)16)6-2-4-8(9)12(9,17)18/h7-8H,1-6H2/t7-,8-,9-,10-/m0/s1. The fourth-order valence-electron chi connectivity index (χ4n) is 3.62. The molecule has 3 saturated carbocycles. The quantitative estimate of drug-likeness (QED) is 0.377. The molecule has 3 aliphatic rings. The van der Waals surface area contributed by atoms with E-state index in [1.807, 2.05) is 0 Å². The molecule has 0 unspecified atom stereocenters. The number of alkyl halides is 6. The summed E-state index contributed by atoms with van der Waals surface area (Å²) in [5, 5.41) is 0. The zero-order valence-corrected chi connectivity index (χ0v) is 15.9. The highest BCUT2D eigenvalue weighted by Crippen LogP contribution is 2.75. The Bertz CT molecular complexity index is 350. The van der Waals surface area contributed by atoms with E-state index in [0.29, 0.717) is 11.8 Å². The van der Waals surface area contributed by atoms with Crippen molar-refractivity contribution in [3.8, 4) is 0 Å². The third-order valence-electron chi connectivity index (χ3n) is 4.99. The first-order chi connectivity index (χ1) is 8.18. The van der Waals surface area contributed by atoms with Gasteiger partial charge in [-0.3, -0.25) is 0 Å². The molecule has 0 aromatic carbocycles. The normalized spacial score (nSPS) is 53.0. The van der Waals surface area contributed by atoms with Crippen molar-refractivity contribution in [2.75, 3.05) is 0 Å². The second kappa shape index (κ2) is 4.32. The molecule has 3 rings (SSSR count). The van der Waals surface area contributed by atoms with E-state index in [0.717, 1.165) is 38.5 Å². The maximum Gasteiger partial charge on any atom is 0.138 e. The van der Waals surface area contributed by atoms with Crippen molar-refractivity contribution in [1.82, 2.24) is 0 Å². The molecule has 4 atom stereocenters. The largest absolute Gasteiger partial charge is 0.138 e. The van der Waals surface area contributed by atoms with Gasteiger partial charge in [0.25, 0.3) is 0 Å². The third kappa shape index (κ3) is 1.81. The Morgan fingerprint density at radius 2 is 1.06 bits per heavy atom. The summed E-state index contributed by atoms with van der Waals surface area (Å²) in [6.45, 7) is 0. The fourth-order valence-corrected chi connectivity index (χ4v) is 8.05. The van der Waals surface area contributed by atoms with Gasteiger partial charge < -0.3 is 0 Å². The average Bonchev–Trinajstić information content (AvgIpc) is 2.87. The minimum Gasteiger partial charge on any atom is -0.0997 e. The van der Waals surface area contributed by atoms with E-state index in [1.54, 1.807) is 0 Å². The van der Waals surface area contributed by atoms with Gasteiger partial charge in [-0.25, -0.2) is 0 Å². The Balaban J connectivity index is 1.74. The first kappa shape index (κ1) is 15.0. The second-order valence-electron chi connectivity index (χ2n) is 5.86. The van der Waals surface area contributed by atoms with E-state index in [4.69, 9.17) is 46.4 Å². The van der Waals surface area contributed by atoms with E-state index >= 15 is 0 Å². The summed E-state index contributed by atoms with van der Waals surface area (Å²) < 4.78 is -1.38. The van der Waals surface area contributed by atoms with E-state index in [-0.39, 0.29) is 8.65 Å². The van der Waals surface area contributed by atoms with Crippen molar-refractivity contribution >= 4 is 78.3 Å². The summed E-state index contributed by atoms with van der Waals surface area (Å²) in [4.78, 5) is 0. The van der Waals surface area contributed by atoms with Crippen LogP contribution in [0.3, 0.4) is 0 Å². The van der Waals surface area contributed by atoms with E-state index in [2.05, 4.69) is 31.9 Å². The van der Waals surface area contributed by atoms with E-state index in [9.17, 15) is 0 Å². The SMILES string of the molecule is ClC1(Cl)[C@H]2CCC[C@]3(Br)[C@H](CCC[C@]21Br)C3(Cl)Cl. The van der Waals surface area contributed by atoms with Crippen molar-refractivity contribution < 1.29 is 0 Å². The molecule has 0 amide bonds. The summed E-state index contributed by atoms with van der Waals surface area (Å²) >= 11 is 33.1. The lowest BCUT2D eigenvalue weighted by Gasteiger charge is -2.13. The van der Waals surface area contributed by atoms with Crippen LogP contribution < -0.4 is 0 Å². The Morgan fingerprint density at radius 1 is 0.722 bits per heavy atom. The van der Waals surface area contributed by atoms with Gasteiger partial charge in [-0.2, -0.15) is 0 Å². The molecule has 0 spiro atoms. The van der Waals surface area contributed by atoms with Crippen molar-refractivity contribution in [2.24, 2.45) is 11.8 Å². The summed E-state index contributed by atoms with van der Waals surface area (Å²) in [6, 6.07) is 0. The van der Waals surface area contributed by atoms with Crippen LogP contribution in [0.5, 0.6) is 0 Å². The maximum atomic E-state index is 6.40. The summed E-state index contributed by atoms with van der Waals surface area (Å²) in [5.41, 5.74) is 0. The summed E-state index contributed by atoms with van der Waals surface area (Å²) in [6.07, 6.45) is 6.16. The zero-order valence-electron chi connectivity index (χ0n) is 9.67. The molecule has 0 aromatic rings. The minimum absolute atomic E-state index is 0.0917. The number of hydrogen-bond acceptors (Lipinski definition) is 0. The van der Waals surface area contributed by atoms with Crippen LogP contribution in [0, 0.1) is 11.8 Å². The average molecular weight is 460 g/mol. The van der Waals surface area contributed by atoms with Crippen LogP contribution in [0.2, 0.25) is 0 Å². The van der Waals surface area contributed by atoms with E-state index < -0.39 is 8.67 Å². The molecular formula is C12H14Br2Cl4.